The zero-order valence-electron chi connectivity index (χ0n) is 8.23. The summed E-state index contributed by atoms with van der Waals surface area (Å²) in [6.07, 6.45) is 0. The molecule has 0 bridgehead atoms. The second kappa shape index (κ2) is 187. The van der Waals surface area contributed by atoms with Gasteiger partial charge in [0.1, 0.15) is 0 Å². The van der Waals surface area contributed by atoms with E-state index >= 15 is 0 Å². The van der Waals surface area contributed by atoms with Crippen LogP contribution in [-0.2, 0) is 286 Å². The molecule has 0 saturated carbocycles. The fourth-order valence-corrected chi connectivity index (χ4v) is 0. The van der Waals surface area contributed by atoms with E-state index in [0.29, 0.717) is 0 Å². The minimum Gasteiger partial charge on any atom is 0 e. The summed E-state index contributed by atoms with van der Waals surface area (Å²) in [4.78, 5) is 0. The minimum atomic E-state index is 0. The summed E-state index contributed by atoms with van der Waals surface area (Å²) >= 11 is 0. The maximum Gasteiger partial charge on any atom is 0 e. The maximum atomic E-state index is 0. The average molecular weight is 2490 g/mol. The van der Waals surface area contributed by atoms with Crippen LogP contribution in [0.1, 0.15) is 0 Å². The SMILES string of the molecule is [Ag].[Al].[Au].[BaH2].[CaH2].[Cd].[Ce].[Co].[Cr].[CsH].[Cu].[Fe].[Hg].[KH].[La].[MgH2].[Mn].[Mo].[NaH].[Ni].[Pb].[RbH].[Ta].[W].[Zn]. The molecule has 0 atom stereocenters. The second-order valence-corrected chi connectivity index (χ2v) is 0. The van der Waals surface area contributed by atoms with Crippen LogP contribution in [-0.4, -0.2) is 362 Å². The van der Waals surface area contributed by atoms with Gasteiger partial charge in [0.2, 0.25) is 0 Å². The molecule has 0 rings (SSSR count). The van der Waals surface area contributed by atoms with Crippen molar-refractivity contribution < 1.29 is 363 Å². The van der Waals surface area contributed by atoms with Crippen LogP contribution >= 0.6 is 0 Å². The molecular weight excluding hydrogens is 2480 g/mol. The molecule has 0 aliphatic carbocycles. The van der Waals surface area contributed by atoms with Gasteiger partial charge in [0.25, 0.3) is 0 Å². The fraction of sp³-hybridized carbons (Fsp3) is 0. The molecule has 0 fully saturated rings. The van der Waals surface area contributed by atoms with Gasteiger partial charge in [0.15, 0.2) is 0 Å². The third-order valence-electron chi connectivity index (χ3n) is 0. The third-order valence-corrected chi connectivity index (χ3v) is 0. The largest absolute Gasteiger partial charge is 0 e. The van der Waals surface area contributed by atoms with Crippen LogP contribution in [0.5, 0.6) is 0 Å². The van der Waals surface area contributed by atoms with E-state index in [1.165, 1.54) is 0 Å². The summed E-state index contributed by atoms with van der Waals surface area (Å²) in [5, 5.41) is 0. The molecule has 25 heavy (non-hydrogen) atoms. The first-order valence-corrected chi connectivity index (χ1v) is 0. The molecule has 0 nitrogen and oxygen atoms in total. The van der Waals surface area contributed by atoms with Crippen molar-refractivity contribution in [2.75, 3.05) is 0 Å². The van der Waals surface area contributed by atoms with Gasteiger partial charge < -0.3 is 0 Å². The molecule has 130 valence electrons. The third kappa shape index (κ3) is 179. The second-order valence-electron chi connectivity index (χ2n) is 0. The molecule has 0 aliphatic rings. The predicted octanol–water partition coefficient (Wildman–Crippen LogP) is -6.14. The Balaban J connectivity index is 0. The predicted molar refractivity (Wildman–Crippen MR) is 65.7 cm³/mol. The average Bonchev–Trinajstić information content (AvgIpc) is 0. The van der Waals surface area contributed by atoms with Gasteiger partial charge in [-0.25, -0.2) is 0 Å². The van der Waals surface area contributed by atoms with E-state index in [0.717, 1.165) is 0 Å². The summed E-state index contributed by atoms with van der Waals surface area (Å²) in [5.74, 6) is 0. The summed E-state index contributed by atoms with van der Waals surface area (Å²) in [5.41, 5.74) is 0. The normalized spacial score (nSPS) is 0. The Morgan fingerprint density at radius 2 is 1.00 bits per heavy atom. The van der Waals surface area contributed by atoms with E-state index in [4.69, 9.17) is 0 Å². The van der Waals surface area contributed by atoms with Crippen LogP contribution in [0.25, 0.3) is 0 Å². The zero-order chi connectivity index (χ0) is 0. The van der Waals surface area contributed by atoms with Gasteiger partial charge in [-0.2, -0.15) is 0 Å². The molecule has 25 heteroatoms. The Morgan fingerprint density at radius 1 is 1.00 bits per heavy atom. The van der Waals surface area contributed by atoms with Crippen LogP contribution in [0, 0.1) is 77.3 Å². The topological polar surface area (TPSA) is 0 Å². The van der Waals surface area contributed by atoms with E-state index in [1.807, 2.05) is 0 Å². The molecule has 0 spiro atoms. The first-order valence-electron chi connectivity index (χ1n) is 0. The summed E-state index contributed by atoms with van der Waals surface area (Å²) in [7, 11) is 0. The molecule has 0 N–H and O–H groups in total. The smallest absolute Gasteiger partial charge is 0 e. The van der Waals surface area contributed by atoms with E-state index in [2.05, 4.69) is 0 Å². The van der Waals surface area contributed by atoms with Gasteiger partial charge in [0.05, 0.1) is 0 Å². The van der Waals surface area contributed by atoms with Crippen LogP contribution in [0.4, 0.5) is 0 Å². The zero-order valence-corrected chi connectivity index (χ0v) is 50.9. The van der Waals surface area contributed by atoms with Crippen LogP contribution in [0.15, 0.2) is 0 Å². The quantitative estimate of drug-likeness (QED) is 0.213. The molecule has 0 heterocycles. The Labute approximate surface area is 698 Å². The van der Waals surface area contributed by atoms with Gasteiger partial charge >= 0.3 is 318 Å². The molecule has 0 amide bonds. The number of rotatable bonds is 0. The summed E-state index contributed by atoms with van der Waals surface area (Å²) in [6, 6.07) is 0. The molecule has 0 aliphatic heterocycles. The molecule has 0 aromatic carbocycles. The Kier molecular flexibility index (Phi) is 1490. The van der Waals surface area contributed by atoms with Crippen molar-refractivity contribution in [3.05, 3.63) is 0 Å². The van der Waals surface area contributed by atoms with Crippen molar-refractivity contribution in [2.24, 2.45) is 0 Å². The monoisotopic (exact) mass is 2490 g/mol. The van der Waals surface area contributed by atoms with Crippen molar-refractivity contribution in [2.45, 2.75) is 0 Å². The van der Waals surface area contributed by atoms with E-state index < -0.39 is 0 Å². The number of hydrogen-bond acceptors (Lipinski definition) is 0. The van der Waals surface area contributed by atoms with Gasteiger partial charge in [-0.1, -0.05) is 0 Å². The Bertz CT molecular complexity index is 116. The minimum absolute atomic E-state index is 0. The van der Waals surface area contributed by atoms with Crippen LogP contribution < -0.4 is 0 Å². The van der Waals surface area contributed by atoms with Crippen molar-refractivity contribution in [3.63, 3.8) is 0 Å². The first kappa shape index (κ1) is 199. The summed E-state index contributed by atoms with van der Waals surface area (Å²) < 4.78 is 0. The van der Waals surface area contributed by atoms with Gasteiger partial charge in [-0.05, 0) is 0 Å². The number of hydrogen-bond donors (Lipinski definition) is 0. The molecule has 0 unspecified atom stereocenters. The summed E-state index contributed by atoms with van der Waals surface area (Å²) in [6.45, 7) is 0. The van der Waals surface area contributed by atoms with Crippen LogP contribution in [0.2, 0.25) is 0 Å². The molecule has 0 saturated heterocycles. The van der Waals surface area contributed by atoms with Gasteiger partial charge in [-0.3, -0.25) is 0 Å². The fourth-order valence-electron chi connectivity index (χ4n) is 0. The van der Waals surface area contributed by atoms with Crippen molar-refractivity contribution >= 4 is 362 Å². The van der Waals surface area contributed by atoms with E-state index in [9.17, 15) is 0 Å². The van der Waals surface area contributed by atoms with Crippen molar-refractivity contribution in [1.82, 2.24) is 0 Å². The van der Waals surface area contributed by atoms with Gasteiger partial charge in [0, 0.05) is 408 Å². The molecular formula is H10AgAlAuBaCaCdCeCoCrCsCuFeHgKLaMgMnMoNaNiPbRbTaWZn. The maximum absolute atomic E-state index is 0. The van der Waals surface area contributed by atoms with Crippen molar-refractivity contribution in [1.29, 1.82) is 0 Å². The molecule has 0 aromatic rings. The van der Waals surface area contributed by atoms with E-state index in [-0.39, 0.29) is 725 Å². The Hall–Kier alpha value is 23.3. The van der Waals surface area contributed by atoms with Crippen LogP contribution in [0.3, 0.4) is 0 Å². The Morgan fingerprint density at radius 3 is 1.00 bits per heavy atom. The van der Waals surface area contributed by atoms with E-state index in [1.54, 1.807) is 0 Å². The first-order chi connectivity index (χ1) is 0. The molecule has 0 aromatic heterocycles. The van der Waals surface area contributed by atoms with Gasteiger partial charge in [-0.15, -0.1) is 0 Å². The van der Waals surface area contributed by atoms with Crippen molar-refractivity contribution in [3.8, 4) is 0 Å². The molecule has 14 radical (unpaired) electrons. The standard InChI is InChI=1S/Ag.Al.Au.Ba.Ca.Cd.Ce.Co.Cr.Cs.Cu.Fe.Hg.K.La.Mg.Mn.Mo.Na.Ni.Pb.Rb.Ta.W.Zn.10H.